The molecule has 0 saturated heterocycles. The number of amides is 2. The van der Waals surface area contributed by atoms with E-state index >= 15 is 0 Å². The van der Waals surface area contributed by atoms with E-state index in [1.807, 2.05) is 12.1 Å². The van der Waals surface area contributed by atoms with Crippen LogP contribution in [0.1, 0.15) is 49.5 Å². The van der Waals surface area contributed by atoms with Crippen molar-refractivity contribution in [2.75, 3.05) is 11.9 Å². The van der Waals surface area contributed by atoms with E-state index in [4.69, 9.17) is 10.5 Å². The second-order valence-electron chi connectivity index (χ2n) is 7.31. The van der Waals surface area contributed by atoms with E-state index in [1.165, 1.54) is 5.56 Å². The molecule has 0 aliphatic carbocycles. The van der Waals surface area contributed by atoms with Gasteiger partial charge in [-0.15, -0.1) is 0 Å². The summed E-state index contributed by atoms with van der Waals surface area (Å²) in [6.07, 6.45) is 0.836. The summed E-state index contributed by atoms with van der Waals surface area (Å²) in [7, 11) is 0. The number of para-hydroxylation sites is 1. The van der Waals surface area contributed by atoms with Gasteiger partial charge in [0.05, 0.1) is 22.3 Å². The first-order chi connectivity index (χ1) is 12.7. The van der Waals surface area contributed by atoms with E-state index in [0.29, 0.717) is 24.3 Å². The van der Waals surface area contributed by atoms with Crippen molar-refractivity contribution in [2.45, 2.75) is 39.0 Å². The molecule has 27 heavy (non-hydrogen) atoms. The minimum absolute atomic E-state index is 0.0698. The third-order valence-electron chi connectivity index (χ3n) is 4.07. The monoisotopic (exact) mass is 432 g/mol. The Bertz CT molecular complexity index is 828. The summed E-state index contributed by atoms with van der Waals surface area (Å²) in [6, 6.07) is 12.7. The number of nitrogens with two attached hydrogens (primary N) is 1. The minimum Gasteiger partial charge on any atom is -0.492 e. The predicted octanol–water partition coefficient (Wildman–Crippen LogP) is 4.64. The average Bonchev–Trinajstić information content (AvgIpc) is 2.59. The highest BCUT2D eigenvalue weighted by Gasteiger charge is 2.15. The molecule has 0 aromatic heterocycles. The summed E-state index contributed by atoms with van der Waals surface area (Å²) in [5, 5.41) is 2.72. The fraction of sp³-hybridized carbons (Fsp3) is 0.333. The molecular weight excluding hydrogens is 408 g/mol. The highest BCUT2D eigenvalue weighted by Crippen LogP contribution is 2.31. The summed E-state index contributed by atoms with van der Waals surface area (Å²) < 4.78 is 6.66. The molecule has 2 rings (SSSR count). The Balaban J connectivity index is 1.84. The quantitative estimate of drug-likeness (QED) is 0.624. The van der Waals surface area contributed by atoms with Gasteiger partial charge in [-0.25, -0.2) is 0 Å². The topological polar surface area (TPSA) is 81.4 Å². The standard InChI is InChI=1S/C21H25BrN2O3/c1-21(2,3)14-10-11-18(16(22)13-14)27-12-6-9-19(25)24-17-8-5-4-7-15(17)20(23)26/h4-5,7-8,10-11,13H,6,9,12H2,1-3H3,(H2,23,26)(H,24,25). The molecule has 6 heteroatoms. The molecule has 0 aliphatic rings. The van der Waals surface area contributed by atoms with Gasteiger partial charge in [0, 0.05) is 6.42 Å². The number of nitrogens with one attached hydrogen (secondary N) is 1. The maximum absolute atomic E-state index is 12.1. The van der Waals surface area contributed by atoms with E-state index in [1.54, 1.807) is 24.3 Å². The fourth-order valence-corrected chi connectivity index (χ4v) is 3.01. The van der Waals surface area contributed by atoms with Crippen LogP contribution in [0.15, 0.2) is 46.9 Å². The summed E-state index contributed by atoms with van der Waals surface area (Å²) in [5.41, 5.74) is 7.32. The van der Waals surface area contributed by atoms with Gasteiger partial charge in [0.25, 0.3) is 5.91 Å². The molecule has 2 amide bonds. The Morgan fingerprint density at radius 2 is 1.85 bits per heavy atom. The van der Waals surface area contributed by atoms with Gasteiger partial charge < -0.3 is 15.8 Å². The van der Waals surface area contributed by atoms with Crippen LogP contribution in [0.2, 0.25) is 0 Å². The van der Waals surface area contributed by atoms with Crippen molar-refractivity contribution in [3.63, 3.8) is 0 Å². The maximum atomic E-state index is 12.1. The number of carbonyl (C=O) groups excluding carboxylic acids is 2. The van der Waals surface area contributed by atoms with Gasteiger partial charge in [-0.2, -0.15) is 0 Å². The average molecular weight is 433 g/mol. The van der Waals surface area contributed by atoms with Crippen molar-refractivity contribution in [1.82, 2.24) is 0 Å². The fourth-order valence-electron chi connectivity index (χ4n) is 2.52. The van der Waals surface area contributed by atoms with Gasteiger partial charge in [-0.1, -0.05) is 39.0 Å². The van der Waals surface area contributed by atoms with Crippen LogP contribution >= 0.6 is 15.9 Å². The first kappa shape index (κ1) is 21.0. The van der Waals surface area contributed by atoms with Crippen LogP contribution in [0, 0.1) is 0 Å². The second kappa shape index (κ2) is 9.04. The number of primary amides is 1. The summed E-state index contributed by atoms with van der Waals surface area (Å²) in [6.45, 7) is 6.89. The molecule has 0 spiro atoms. The van der Waals surface area contributed by atoms with Crippen molar-refractivity contribution in [3.05, 3.63) is 58.1 Å². The molecule has 0 atom stereocenters. The lowest BCUT2D eigenvalue weighted by Crippen LogP contribution is -2.18. The number of ether oxygens (including phenoxy) is 1. The molecule has 0 aliphatic heterocycles. The van der Waals surface area contributed by atoms with Crippen molar-refractivity contribution in [2.24, 2.45) is 5.73 Å². The Kier molecular flexibility index (Phi) is 7.02. The largest absolute Gasteiger partial charge is 0.492 e. The van der Waals surface area contributed by atoms with Crippen LogP contribution in [0.5, 0.6) is 5.75 Å². The summed E-state index contributed by atoms with van der Waals surface area (Å²) in [5.74, 6) is -0.00489. The molecule has 0 fully saturated rings. The Morgan fingerprint density at radius 1 is 1.15 bits per heavy atom. The van der Waals surface area contributed by atoms with Gasteiger partial charge in [0.1, 0.15) is 5.75 Å². The number of anilines is 1. The molecule has 0 unspecified atom stereocenters. The van der Waals surface area contributed by atoms with Crippen LogP contribution in [-0.2, 0) is 10.2 Å². The Labute approximate surface area is 168 Å². The third kappa shape index (κ3) is 6.10. The van der Waals surface area contributed by atoms with Gasteiger partial charge >= 0.3 is 0 Å². The number of benzene rings is 2. The van der Waals surface area contributed by atoms with Crippen LogP contribution in [0.25, 0.3) is 0 Å². The smallest absolute Gasteiger partial charge is 0.250 e. The van der Waals surface area contributed by atoms with Crippen LogP contribution in [-0.4, -0.2) is 18.4 Å². The molecule has 0 saturated carbocycles. The normalized spacial score (nSPS) is 11.1. The zero-order chi connectivity index (χ0) is 20.0. The van der Waals surface area contributed by atoms with Gasteiger partial charge in [0.2, 0.25) is 5.91 Å². The minimum atomic E-state index is -0.571. The predicted molar refractivity (Wildman–Crippen MR) is 111 cm³/mol. The molecule has 0 radical (unpaired) electrons. The van der Waals surface area contributed by atoms with E-state index < -0.39 is 5.91 Å². The van der Waals surface area contributed by atoms with Gasteiger partial charge in [-0.05, 0) is 57.6 Å². The Hall–Kier alpha value is -2.34. The van der Waals surface area contributed by atoms with Gasteiger partial charge in [0.15, 0.2) is 0 Å². The lowest BCUT2D eigenvalue weighted by atomic mass is 9.87. The SMILES string of the molecule is CC(C)(C)c1ccc(OCCCC(=O)Nc2ccccc2C(N)=O)c(Br)c1. The number of hydrogen-bond donors (Lipinski definition) is 2. The molecule has 2 aromatic carbocycles. The molecule has 0 heterocycles. The molecule has 144 valence electrons. The zero-order valence-corrected chi connectivity index (χ0v) is 17.4. The van der Waals surface area contributed by atoms with E-state index in [-0.39, 0.29) is 17.7 Å². The van der Waals surface area contributed by atoms with Crippen molar-refractivity contribution < 1.29 is 14.3 Å². The van der Waals surface area contributed by atoms with Crippen LogP contribution in [0.3, 0.4) is 0 Å². The number of hydrogen-bond acceptors (Lipinski definition) is 3. The maximum Gasteiger partial charge on any atom is 0.250 e. The second-order valence-corrected chi connectivity index (χ2v) is 8.16. The molecule has 3 N–H and O–H groups in total. The van der Waals surface area contributed by atoms with Crippen molar-refractivity contribution in [3.8, 4) is 5.75 Å². The lowest BCUT2D eigenvalue weighted by molar-refractivity contribution is -0.116. The Morgan fingerprint density at radius 3 is 2.48 bits per heavy atom. The molecule has 5 nitrogen and oxygen atoms in total. The molecule has 0 bridgehead atoms. The van der Waals surface area contributed by atoms with E-state index in [9.17, 15) is 9.59 Å². The van der Waals surface area contributed by atoms with E-state index in [0.717, 1.165) is 10.2 Å². The number of carbonyl (C=O) groups is 2. The summed E-state index contributed by atoms with van der Waals surface area (Å²) >= 11 is 3.54. The first-order valence-corrected chi connectivity index (χ1v) is 9.59. The van der Waals surface area contributed by atoms with Gasteiger partial charge in [-0.3, -0.25) is 9.59 Å². The van der Waals surface area contributed by atoms with Crippen molar-refractivity contribution >= 4 is 33.4 Å². The molecular formula is C21H25BrN2O3. The lowest BCUT2D eigenvalue weighted by Gasteiger charge is -2.20. The third-order valence-corrected chi connectivity index (χ3v) is 4.69. The number of halogens is 1. The highest BCUT2D eigenvalue weighted by atomic mass is 79.9. The number of rotatable bonds is 7. The first-order valence-electron chi connectivity index (χ1n) is 8.80. The highest BCUT2D eigenvalue weighted by molar-refractivity contribution is 9.10. The molecule has 2 aromatic rings. The van der Waals surface area contributed by atoms with Crippen LogP contribution < -0.4 is 15.8 Å². The van der Waals surface area contributed by atoms with Crippen molar-refractivity contribution in [1.29, 1.82) is 0 Å². The van der Waals surface area contributed by atoms with Crippen LogP contribution in [0.4, 0.5) is 5.69 Å². The summed E-state index contributed by atoms with van der Waals surface area (Å²) in [4.78, 5) is 23.5. The zero-order valence-electron chi connectivity index (χ0n) is 15.8. The van der Waals surface area contributed by atoms with E-state index in [2.05, 4.69) is 48.1 Å².